The Balaban J connectivity index is 1.61. The quantitative estimate of drug-likeness (QED) is 0.898. The van der Waals surface area contributed by atoms with Gasteiger partial charge >= 0.3 is 0 Å². The van der Waals surface area contributed by atoms with Gasteiger partial charge in [0.15, 0.2) is 0 Å². The highest BCUT2D eigenvalue weighted by Crippen LogP contribution is 2.44. The van der Waals surface area contributed by atoms with E-state index in [-0.39, 0.29) is 17.6 Å². The van der Waals surface area contributed by atoms with E-state index in [1.165, 1.54) is 0 Å². The monoisotopic (exact) mass is 343 g/mol. The van der Waals surface area contributed by atoms with E-state index in [2.05, 4.69) is 15.1 Å². The zero-order valence-corrected chi connectivity index (χ0v) is 15.1. The summed E-state index contributed by atoms with van der Waals surface area (Å²) in [6.45, 7) is 7.14. The van der Waals surface area contributed by atoms with Crippen molar-refractivity contribution in [1.29, 1.82) is 0 Å². The van der Waals surface area contributed by atoms with E-state index in [4.69, 9.17) is 0 Å². The molecule has 1 saturated carbocycles. The maximum Gasteiger partial charge on any atom is 0.293 e. The molecule has 4 rings (SSSR count). The van der Waals surface area contributed by atoms with Crippen molar-refractivity contribution < 1.29 is 9.90 Å². The van der Waals surface area contributed by atoms with Crippen molar-refractivity contribution >= 4 is 11.7 Å². The lowest BCUT2D eigenvalue weighted by Gasteiger charge is -2.40. The van der Waals surface area contributed by atoms with Gasteiger partial charge in [0.05, 0.1) is 5.60 Å². The summed E-state index contributed by atoms with van der Waals surface area (Å²) >= 11 is 0. The Morgan fingerprint density at radius 1 is 1.36 bits per heavy atom. The maximum absolute atomic E-state index is 12.9. The largest absolute Gasteiger partial charge is 0.390 e. The molecule has 0 spiro atoms. The molecule has 1 aliphatic carbocycles. The summed E-state index contributed by atoms with van der Waals surface area (Å²) in [5.74, 6) is 1.04. The van der Waals surface area contributed by atoms with Crippen LogP contribution < -0.4 is 0 Å². The standard InChI is InChI=1S/C18H25N5O2/c1-4-18(25)7-5-6-13-9-22(10-14(13)18)16(24)15-20-17-19-11(2)8-12(3)23(17)21-15/h8,13-14,25H,4-7,9-10H2,1-3H3/t13-,14+,18-/m0/s1. The van der Waals surface area contributed by atoms with Crippen molar-refractivity contribution in [2.45, 2.75) is 52.1 Å². The van der Waals surface area contributed by atoms with Crippen LogP contribution in [0.2, 0.25) is 0 Å². The molecular formula is C18H25N5O2. The molecular weight excluding hydrogens is 318 g/mol. The molecule has 1 N–H and O–H groups in total. The molecule has 2 aromatic heterocycles. The number of carbonyl (C=O) groups excluding carboxylic acids is 1. The van der Waals surface area contributed by atoms with Gasteiger partial charge in [0.25, 0.3) is 11.7 Å². The Kier molecular flexibility index (Phi) is 3.79. The van der Waals surface area contributed by atoms with Crippen LogP contribution in [-0.2, 0) is 0 Å². The molecule has 25 heavy (non-hydrogen) atoms. The van der Waals surface area contributed by atoms with E-state index in [0.717, 1.165) is 37.1 Å². The van der Waals surface area contributed by atoms with Crippen LogP contribution in [0.5, 0.6) is 0 Å². The molecule has 0 aromatic carbocycles. The number of fused-ring (bicyclic) bond motifs is 2. The molecule has 1 aliphatic heterocycles. The average molecular weight is 343 g/mol. The van der Waals surface area contributed by atoms with E-state index in [1.54, 1.807) is 4.52 Å². The number of hydrogen-bond acceptors (Lipinski definition) is 5. The van der Waals surface area contributed by atoms with Gasteiger partial charge in [0.2, 0.25) is 5.82 Å². The van der Waals surface area contributed by atoms with Crippen LogP contribution >= 0.6 is 0 Å². The molecule has 3 heterocycles. The molecule has 7 heteroatoms. The topological polar surface area (TPSA) is 83.6 Å². The third-order valence-corrected chi connectivity index (χ3v) is 6.02. The first-order valence-electron chi connectivity index (χ1n) is 9.14. The Hall–Kier alpha value is -2.02. The fraction of sp³-hybridized carbons (Fsp3) is 0.667. The van der Waals surface area contributed by atoms with Crippen LogP contribution in [0.15, 0.2) is 6.07 Å². The minimum atomic E-state index is -0.639. The van der Waals surface area contributed by atoms with Crippen LogP contribution in [0.4, 0.5) is 0 Å². The van der Waals surface area contributed by atoms with Gasteiger partial charge in [0.1, 0.15) is 0 Å². The number of likely N-dealkylation sites (tertiary alicyclic amines) is 1. The summed E-state index contributed by atoms with van der Waals surface area (Å²) in [5.41, 5.74) is 1.13. The highest BCUT2D eigenvalue weighted by Gasteiger charge is 2.49. The summed E-state index contributed by atoms with van der Waals surface area (Å²) < 4.78 is 1.62. The number of carbonyl (C=O) groups is 1. The fourth-order valence-corrected chi connectivity index (χ4v) is 4.63. The van der Waals surface area contributed by atoms with Gasteiger partial charge in [-0.25, -0.2) is 9.50 Å². The number of nitrogens with zero attached hydrogens (tertiary/aromatic N) is 5. The second-order valence-corrected chi connectivity index (χ2v) is 7.61. The molecule has 134 valence electrons. The van der Waals surface area contributed by atoms with Gasteiger partial charge in [-0.15, -0.1) is 5.10 Å². The molecule has 7 nitrogen and oxygen atoms in total. The summed E-state index contributed by atoms with van der Waals surface area (Å²) in [6.07, 6.45) is 3.69. The lowest BCUT2D eigenvalue weighted by atomic mass is 9.69. The smallest absolute Gasteiger partial charge is 0.293 e. The number of aliphatic hydroxyl groups is 1. The van der Waals surface area contributed by atoms with Crippen molar-refractivity contribution in [2.24, 2.45) is 11.8 Å². The van der Waals surface area contributed by atoms with Gasteiger partial charge in [-0.2, -0.15) is 4.98 Å². The van der Waals surface area contributed by atoms with E-state index in [0.29, 0.717) is 24.8 Å². The van der Waals surface area contributed by atoms with Gasteiger partial charge in [-0.05, 0) is 45.1 Å². The van der Waals surface area contributed by atoms with Crippen molar-refractivity contribution in [2.75, 3.05) is 13.1 Å². The zero-order valence-electron chi connectivity index (χ0n) is 15.1. The van der Waals surface area contributed by atoms with E-state index >= 15 is 0 Å². The highest BCUT2D eigenvalue weighted by molar-refractivity contribution is 5.91. The molecule has 1 saturated heterocycles. The minimum absolute atomic E-state index is 0.157. The van der Waals surface area contributed by atoms with Crippen LogP contribution in [0.3, 0.4) is 0 Å². The highest BCUT2D eigenvalue weighted by atomic mass is 16.3. The fourth-order valence-electron chi connectivity index (χ4n) is 4.63. The first kappa shape index (κ1) is 16.4. The SMILES string of the molecule is CC[C@]1(O)CCC[C@H]2CN(C(=O)c3nc4nc(C)cc(C)n4n3)C[C@H]21. The molecule has 3 atom stereocenters. The molecule has 0 radical (unpaired) electrons. The van der Waals surface area contributed by atoms with E-state index in [1.807, 2.05) is 31.7 Å². The normalized spacial score (nSPS) is 29.2. The number of rotatable bonds is 2. The predicted molar refractivity (Wildman–Crippen MR) is 92.2 cm³/mol. The second kappa shape index (κ2) is 5.76. The van der Waals surface area contributed by atoms with E-state index in [9.17, 15) is 9.90 Å². The number of hydrogen-bond donors (Lipinski definition) is 1. The molecule has 2 fully saturated rings. The first-order valence-corrected chi connectivity index (χ1v) is 9.14. The van der Waals surface area contributed by atoms with Crippen molar-refractivity contribution in [1.82, 2.24) is 24.5 Å². The molecule has 0 unspecified atom stereocenters. The third kappa shape index (κ3) is 2.61. The summed E-state index contributed by atoms with van der Waals surface area (Å²) in [5, 5.41) is 15.3. The number of amides is 1. The predicted octanol–water partition coefficient (Wildman–Crippen LogP) is 1.75. The van der Waals surface area contributed by atoms with Crippen LogP contribution in [-0.4, -0.2) is 54.2 Å². The first-order chi connectivity index (χ1) is 11.9. The lowest BCUT2D eigenvalue weighted by Crippen LogP contribution is -2.44. The van der Waals surface area contributed by atoms with Crippen molar-refractivity contribution in [3.8, 4) is 0 Å². The van der Waals surface area contributed by atoms with Gasteiger partial charge in [0, 0.05) is 30.4 Å². The third-order valence-electron chi connectivity index (χ3n) is 6.02. The molecule has 0 bridgehead atoms. The Bertz CT molecular complexity index is 832. The maximum atomic E-state index is 12.9. The molecule has 1 amide bonds. The van der Waals surface area contributed by atoms with Crippen molar-refractivity contribution in [3.05, 3.63) is 23.3 Å². The Labute approximate surface area is 147 Å². The van der Waals surface area contributed by atoms with Crippen molar-refractivity contribution in [3.63, 3.8) is 0 Å². The Morgan fingerprint density at radius 2 is 2.16 bits per heavy atom. The summed E-state index contributed by atoms with van der Waals surface area (Å²) in [6, 6.07) is 1.92. The average Bonchev–Trinajstić information content (AvgIpc) is 3.19. The Morgan fingerprint density at radius 3 is 2.92 bits per heavy atom. The van der Waals surface area contributed by atoms with Gasteiger partial charge in [-0.3, -0.25) is 4.79 Å². The zero-order chi connectivity index (χ0) is 17.8. The summed E-state index contributed by atoms with van der Waals surface area (Å²) in [7, 11) is 0. The van der Waals surface area contributed by atoms with Gasteiger partial charge in [-0.1, -0.05) is 13.3 Å². The van der Waals surface area contributed by atoms with E-state index < -0.39 is 5.60 Å². The lowest BCUT2D eigenvalue weighted by molar-refractivity contribution is -0.0609. The summed E-state index contributed by atoms with van der Waals surface area (Å²) in [4.78, 5) is 23.4. The van der Waals surface area contributed by atoms with Crippen LogP contribution in [0, 0.1) is 25.7 Å². The number of aryl methyl sites for hydroxylation is 2. The minimum Gasteiger partial charge on any atom is -0.390 e. The molecule has 2 aliphatic rings. The molecule has 2 aromatic rings. The second-order valence-electron chi connectivity index (χ2n) is 7.61. The van der Waals surface area contributed by atoms with Crippen LogP contribution in [0.1, 0.15) is 54.6 Å². The van der Waals surface area contributed by atoms with Gasteiger partial charge < -0.3 is 10.0 Å². The number of aromatic nitrogens is 4. The van der Waals surface area contributed by atoms with Crippen LogP contribution in [0.25, 0.3) is 5.78 Å².